The number of fused-ring (bicyclic) bond motifs is 1. The van der Waals surface area contributed by atoms with Crippen LogP contribution in [-0.4, -0.2) is 14.5 Å². The highest BCUT2D eigenvalue weighted by molar-refractivity contribution is 7.16. The van der Waals surface area contributed by atoms with Gasteiger partial charge in [-0.3, -0.25) is 4.57 Å². The predicted molar refractivity (Wildman–Crippen MR) is 75.0 cm³/mol. The molecule has 4 nitrogen and oxygen atoms in total. The number of thiophene rings is 1. The molecule has 0 unspecified atom stereocenters. The maximum atomic E-state index is 5.91. The molecule has 0 saturated carbocycles. The number of imidazole rings is 1. The van der Waals surface area contributed by atoms with E-state index in [0.717, 1.165) is 28.5 Å². The van der Waals surface area contributed by atoms with Gasteiger partial charge in [-0.2, -0.15) is 0 Å². The summed E-state index contributed by atoms with van der Waals surface area (Å²) in [4.78, 5) is 9.84. The lowest BCUT2D eigenvalue weighted by Gasteiger charge is -2.04. The summed E-state index contributed by atoms with van der Waals surface area (Å²) in [6.45, 7) is 0.760. The van der Waals surface area contributed by atoms with E-state index >= 15 is 0 Å². The molecule has 0 aliphatic rings. The Bertz CT molecular complexity index is 688. The average molecular weight is 279 g/mol. The van der Waals surface area contributed by atoms with Crippen molar-refractivity contribution in [1.82, 2.24) is 14.5 Å². The monoisotopic (exact) mass is 278 g/mol. The maximum Gasteiger partial charge on any atom is 0.202 e. The maximum absolute atomic E-state index is 5.91. The molecule has 0 aliphatic heterocycles. The molecule has 3 aromatic rings. The summed E-state index contributed by atoms with van der Waals surface area (Å²) in [5, 5.41) is 0. The summed E-state index contributed by atoms with van der Waals surface area (Å²) in [7, 11) is 0. The number of aromatic nitrogens is 3. The first-order valence-corrected chi connectivity index (χ1v) is 6.74. The van der Waals surface area contributed by atoms with Crippen molar-refractivity contribution < 1.29 is 0 Å². The van der Waals surface area contributed by atoms with Crippen LogP contribution in [0.15, 0.2) is 30.5 Å². The molecular weight excluding hydrogens is 268 g/mol. The number of aryl methyl sites for hydroxylation is 2. The zero-order valence-corrected chi connectivity index (χ0v) is 11.1. The fourth-order valence-electron chi connectivity index (χ4n) is 1.90. The number of pyridine rings is 1. The molecule has 2 N–H and O–H groups in total. The van der Waals surface area contributed by atoms with Gasteiger partial charge in [0.05, 0.1) is 4.34 Å². The molecule has 0 amide bonds. The Labute approximate surface area is 113 Å². The molecule has 18 heavy (non-hydrogen) atoms. The van der Waals surface area contributed by atoms with E-state index in [9.17, 15) is 0 Å². The second kappa shape index (κ2) is 4.59. The fourth-order valence-corrected chi connectivity index (χ4v) is 2.98. The van der Waals surface area contributed by atoms with Gasteiger partial charge < -0.3 is 5.73 Å². The predicted octanol–water partition coefficient (Wildman–Crippen LogP) is 2.97. The molecule has 0 aromatic carbocycles. The van der Waals surface area contributed by atoms with E-state index in [2.05, 4.69) is 9.97 Å². The van der Waals surface area contributed by atoms with Crippen LogP contribution < -0.4 is 5.73 Å². The van der Waals surface area contributed by atoms with Crippen LogP contribution in [0.5, 0.6) is 0 Å². The number of nitrogens with zero attached hydrogens (tertiary/aromatic N) is 3. The molecule has 3 rings (SSSR count). The van der Waals surface area contributed by atoms with Crippen molar-refractivity contribution in [3.63, 3.8) is 0 Å². The van der Waals surface area contributed by atoms with Crippen LogP contribution >= 0.6 is 22.9 Å². The lowest BCUT2D eigenvalue weighted by Crippen LogP contribution is -2.05. The standard InChI is InChI=1S/C12H11ClN4S/c13-10-4-3-8(18-10)5-7-17-11-9(16-12(17)14)2-1-6-15-11/h1-4,6H,5,7H2,(H2,14,16). The molecule has 0 spiro atoms. The summed E-state index contributed by atoms with van der Waals surface area (Å²) in [5.74, 6) is 0.506. The van der Waals surface area contributed by atoms with Crippen LogP contribution in [0.2, 0.25) is 4.34 Å². The number of halogens is 1. The summed E-state index contributed by atoms with van der Waals surface area (Å²) >= 11 is 7.50. The van der Waals surface area contributed by atoms with Crippen LogP contribution in [0.4, 0.5) is 5.95 Å². The van der Waals surface area contributed by atoms with Gasteiger partial charge in [0.25, 0.3) is 0 Å². The van der Waals surface area contributed by atoms with Crippen LogP contribution in [-0.2, 0) is 13.0 Å². The van der Waals surface area contributed by atoms with Gasteiger partial charge in [0.2, 0.25) is 5.95 Å². The van der Waals surface area contributed by atoms with Crippen molar-refractivity contribution >= 4 is 40.0 Å². The van der Waals surface area contributed by atoms with E-state index in [0.29, 0.717) is 5.95 Å². The van der Waals surface area contributed by atoms with Gasteiger partial charge >= 0.3 is 0 Å². The van der Waals surface area contributed by atoms with Gasteiger partial charge in [-0.05, 0) is 30.7 Å². The third-order valence-corrected chi connectivity index (χ3v) is 4.03. The Balaban J connectivity index is 1.88. The molecule has 0 bridgehead atoms. The van der Waals surface area contributed by atoms with Gasteiger partial charge in [0.1, 0.15) is 5.52 Å². The van der Waals surface area contributed by atoms with Gasteiger partial charge in [-0.25, -0.2) is 9.97 Å². The molecular formula is C12H11ClN4S. The van der Waals surface area contributed by atoms with Crippen molar-refractivity contribution in [1.29, 1.82) is 0 Å². The minimum Gasteiger partial charge on any atom is -0.369 e. The molecule has 3 aromatic heterocycles. The minimum atomic E-state index is 0.506. The Kier molecular flexibility index (Phi) is 2.93. The molecule has 3 heterocycles. The molecule has 0 aliphatic carbocycles. The number of anilines is 1. The quantitative estimate of drug-likeness (QED) is 0.801. The van der Waals surface area contributed by atoms with Crippen LogP contribution in [0.1, 0.15) is 4.88 Å². The molecule has 0 radical (unpaired) electrons. The van der Waals surface area contributed by atoms with Crippen molar-refractivity contribution in [3.05, 3.63) is 39.7 Å². The number of hydrogen-bond acceptors (Lipinski definition) is 4. The van der Waals surface area contributed by atoms with E-state index in [-0.39, 0.29) is 0 Å². The van der Waals surface area contributed by atoms with Crippen LogP contribution in [0, 0.1) is 0 Å². The van der Waals surface area contributed by atoms with Crippen molar-refractivity contribution in [2.75, 3.05) is 5.73 Å². The Morgan fingerprint density at radius 2 is 2.22 bits per heavy atom. The highest BCUT2D eigenvalue weighted by Crippen LogP contribution is 2.23. The number of rotatable bonds is 3. The molecule has 6 heteroatoms. The third-order valence-electron chi connectivity index (χ3n) is 2.74. The molecule has 0 fully saturated rings. The number of nitrogens with two attached hydrogens (primary N) is 1. The highest BCUT2D eigenvalue weighted by atomic mass is 35.5. The smallest absolute Gasteiger partial charge is 0.202 e. The zero-order chi connectivity index (χ0) is 12.5. The van der Waals surface area contributed by atoms with E-state index in [4.69, 9.17) is 17.3 Å². The van der Waals surface area contributed by atoms with E-state index in [1.54, 1.807) is 17.5 Å². The van der Waals surface area contributed by atoms with E-state index in [1.165, 1.54) is 4.88 Å². The lowest BCUT2D eigenvalue weighted by molar-refractivity contribution is 0.726. The van der Waals surface area contributed by atoms with Gasteiger partial charge in [0, 0.05) is 17.6 Å². The Morgan fingerprint density at radius 3 is 3.00 bits per heavy atom. The summed E-state index contributed by atoms with van der Waals surface area (Å²) < 4.78 is 2.75. The molecule has 92 valence electrons. The van der Waals surface area contributed by atoms with Crippen LogP contribution in [0.25, 0.3) is 11.2 Å². The average Bonchev–Trinajstić information content (AvgIpc) is 2.90. The molecule has 0 saturated heterocycles. The zero-order valence-electron chi connectivity index (χ0n) is 9.51. The summed E-state index contributed by atoms with van der Waals surface area (Å²) in [5.41, 5.74) is 7.58. The first-order chi connectivity index (χ1) is 8.74. The van der Waals surface area contributed by atoms with Crippen molar-refractivity contribution in [2.45, 2.75) is 13.0 Å². The highest BCUT2D eigenvalue weighted by Gasteiger charge is 2.09. The van der Waals surface area contributed by atoms with Gasteiger partial charge in [-0.1, -0.05) is 11.6 Å². The fraction of sp³-hybridized carbons (Fsp3) is 0.167. The van der Waals surface area contributed by atoms with Gasteiger partial charge in [-0.15, -0.1) is 11.3 Å². The van der Waals surface area contributed by atoms with E-state index < -0.39 is 0 Å². The topological polar surface area (TPSA) is 56.7 Å². The van der Waals surface area contributed by atoms with Gasteiger partial charge in [0.15, 0.2) is 5.65 Å². The second-order valence-electron chi connectivity index (χ2n) is 3.92. The summed E-state index contributed by atoms with van der Waals surface area (Å²) in [6, 6.07) is 7.72. The van der Waals surface area contributed by atoms with Crippen LogP contribution in [0.3, 0.4) is 0 Å². The normalized spacial score (nSPS) is 11.2. The Morgan fingerprint density at radius 1 is 1.33 bits per heavy atom. The number of hydrogen-bond donors (Lipinski definition) is 1. The molecule has 0 atom stereocenters. The first kappa shape index (κ1) is 11.5. The minimum absolute atomic E-state index is 0.506. The lowest BCUT2D eigenvalue weighted by atomic mass is 10.3. The number of nitrogen functional groups attached to an aromatic ring is 1. The second-order valence-corrected chi connectivity index (χ2v) is 5.72. The van der Waals surface area contributed by atoms with Crippen molar-refractivity contribution in [2.24, 2.45) is 0 Å². The van der Waals surface area contributed by atoms with Crippen molar-refractivity contribution in [3.8, 4) is 0 Å². The van der Waals surface area contributed by atoms with E-state index in [1.807, 2.05) is 28.8 Å². The third kappa shape index (κ3) is 2.07. The first-order valence-electron chi connectivity index (χ1n) is 5.55. The summed E-state index contributed by atoms with van der Waals surface area (Å²) in [6.07, 6.45) is 2.63. The Hall–Kier alpha value is -1.59. The largest absolute Gasteiger partial charge is 0.369 e. The SMILES string of the molecule is Nc1nc2cccnc2n1CCc1ccc(Cl)s1.